The summed E-state index contributed by atoms with van der Waals surface area (Å²) in [5, 5.41) is 1.72. The Balaban J connectivity index is 2.28. The van der Waals surface area contributed by atoms with E-state index in [0.29, 0.717) is 22.0 Å². The Morgan fingerprint density at radius 3 is 2.83 bits per heavy atom. The van der Waals surface area contributed by atoms with E-state index in [9.17, 15) is 0 Å². The number of rotatable bonds is 4. The number of hydrogen-bond donors (Lipinski definition) is 0. The maximum atomic E-state index is 6.24. The summed E-state index contributed by atoms with van der Waals surface area (Å²) >= 11 is 15.6. The Bertz CT molecular complexity index is 427. The highest BCUT2D eigenvalue weighted by molar-refractivity contribution is 9.09. The van der Waals surface area contributed by atoms with Gasteiger partial charge in [0.25, 0.3) is 0 Å². The fourth-order valence-electron chi connectivity index (χ4n) is 2.11. The molecular weight excluding hydrogens is 351 g/mol. The van der Waals surface area contributed by atoms with Crippen molar-refractivity contribution < 1.29 is 9.47 Å². The van der Waals surface area contributed by atoms with E-state index in [0.717, 1.165) is 18.4 Å². The zero-order chi connectivity index (χ0) is 13.2. The van der Waals surface area contributed by atoms with Crippen LogP contribution in [-0.4, -0.2) is 18.0 Å². The van der Waals surface area contributed by atoms with Gasteiger partial charge in [-0.1, -0.05) is 58.5 Å². The molecule has 2 atom stereocenters. The monoisotopic (exact) mass is 364 g/mol. The molecule has 1 heterocycles. The Hall–Kier alpha value is 0.200. The molecule has 0 N–H and O–H groups in total. The van der Waals surface area contributed by atoms with E-state index in [-0.39, 0.29) is 6.10 Å². The fraction of sp³-hybridized carbons (Fsp3) is 0.538. The molecule has 100 valence electrons. The highest BCUT2D eigenvalue weighted by Crippen LogP contribution is 2.41. The lowest BCUT2D eigenvalue weighted by atomic mass is 10.2. The van der Waals surface area contributed by atoms with Crippen molar-refractivity contribution in [3.63, 3.8) is 0 Å². The molecule has 0 saturated carbocycles. The van der Waals surface area contributed by atoms with Gasteiger partial charge in [0.15, 0.2) is 0 Å². The SMILES string of the molecule is CCCC1COC(CBr)([14c]2[14cH][14cH][14c](Cl)[14cH][14c]2Cl)O1. The van der Waals surface area contributed by atoms with Crippen molar-refractivity contribution in [2.45, 2.75) is 31.7 Å². The second kappa shape index (κ2) is 6.10. The second-order valence-electron chi connectivity index (χ2n) is 4.35. The van der Waals surface area contributed by atoms with E-state index in [1.807, 2.05) is 6.07 Å². The predicted molar refractivity (Wildman–Crippen MR) is 77.7 cm³/mol. The molecule has 0 amide bonds. The van der Waals surface area contributed by atoms with Crippen LogP contribution in [0.15, 0.2) is 18.2 Å². The van der Waals surface area contributed by atoms with Crippen molar-refractivity contribution in [2.75, 3.05) is 11.9 Å². The lowest BCUT2D eigenvalue weighted by Crippen LogP contribution is -2.30. The molecule has 0 aromatic heterocycles. The van der Waals surface area contributed by atoms with E-state index in [2.05, 4.69) is 22.9 Å². The molecule has 1 aliphatic rings. The molecule has 0 bridgehead atoms. The number of alkyl halides is 1. The van der Waals surface area contributed by atoms with Gasteiger partial charge in [-0.3, -0.25) is 0 Å². The lowest BCUT2D eigenvalue weighted by Gasteiger charge is -2.27. The quantitative estimate of drug-likeness (QED) is 0.716. The summed E-state index contributed by atoms with van der Waals surface area (Å²) in [5.41, 5.74) is 0.823. The minimum absolute atomic E-state index is 0.124. The molecule has 1 aromatic rings. The highest BCUT2D eigenvalue weighted by Gasteiger charge is 2.43. The number of halogens is 3. The minimum Gasteiger partial charge on any atom is -0.342 e. The van der Waals surface area contributed by atoms with Crippen molar-refractivity contribution in [3.8, 4) is 0 Å². The third-order valence-corrected chi connectivity index (χ3v) is 4.27. The fourth-order valence-corrected chi connectivity index (χ4v) is 3.26. The summed E-state index contributed by atoms with van der Waals surface area (Å²) in [4.78, 5) is 0. The average molecular weight is 366 g/mol. The van der Waals surface area contributed by atoms with Gasteiger partial charge in [0.1, 0.15) is 0 Å². The molecule has 18 heavy (non-hydrogen) atoms. The molecule has 5 heteroatoms. The third kappa shape index (κ3) is 2.86. The van der Waals surface area contributed by atoms with Gasteiger partial charge in [-0.25, -0.2) is 0 Å². The van der Waals surface area contributed by atoms with Crippen LogP contribution in [0.25, 0.3) is 0 Å². The molecule has 0 spiro atoms. The molecule has 1 aromatic carbocycles. The van der Waals surface area contributed by atoms with Crippen LogP contribution in [0.2, 0.25) is 10.0 Å². The first-order valence-corrected chi connectivity index (χ1v) is 7.82. The van der Waals surface area contributed by atoms with Gasteiger partial charge in [-0.05, 0) is 18.6 Å². The van der Waals surface area contributed by atoms with Crippen LogP contribution in [0.3, 0.4) is 0 Å². The van der Waals surface area contributed by atoms with Crippen molar-refractivity contribution in [1.82, 2.24) is 0 Å². The van der Waals surface area contributed by atoms with Gasteiger partial charge < -0.3 is 9.47 Å². The van der Waals surface area contributed by atoms with E-state index >= 15 is 0 Å². The first-order chi connectivity index (χ1) is 8.61. The first kappa shape index (κ1) is 14.6. The smallest absolute Gasteiger partial charge is 0.206 e. The summed E-state index contributed by atoms with van der Waals surface area (Å²) in [6.07, 6.45) is 2.18. The van der Waals surface area contributed by atoms with Crippen LogP contribution in [0, 0.1) is 0 Å². The molecule has 0 aliphatic carbocycles. The van der Waals surface area contributed by atoms with Gasteiger partial charge in [-0.2, -0.15) is 0 Å². The predicted octanol–water partition coefficient (Wildman–Crippen LogP) is 4.76. The van der Waals surface area contributed by atoms with Crippen molar-refractivity contribution in [1.29, 1.82) is 0 Å². The Kier molecular flexibility index (Phi) is 4.95. The summed E-state index contributed by atoms with van der Waals surface area (Å²) in [5.74, 6) is -0.790. The molecule has 1 fully saturated rings. The van der Waals surface area contributed by atoms with Crippen LogP contribution in [0.4, 0.5) is 0 Å². The summed E-state index contributed by atoms with van der Waals surface area (Å²) in [6, 6.07) is 5.37. The summed E-state index contributed by atoms with van der Waals surface area (Å²) in [6.45, 7) is 2.73. The number of hydrogen-bond acceptors (Lipinski definition) is 2. The van der Waals surface area contributed by atoms with E-state index < -0.39 is 5.79 Å². The van der Waals surface area contributed by atoms with Gasteiger partial charge in [0.2, 0.25) is 5.79 Å². The average Bonchev–Trinajstić information content (AvgIpc) is 2.74. The van der Waals surface area contributed by atoms with Crippen LogP contribution in [-0.2, 0) is 15.3 Å². The van der Waals surface area contributed by atoms with Gasteiger partial charge in [0.05, 0.1) is 23.1 Å². The normalized spacial score (nSPS) is 27.7. The van der Waals surface area contributed by atoms with Gasteiger partial charge >= 0.3 is 0 Å². The van der Waals surface area contributed by atoms with E-state index in [1.165, 1.54) is 0 Å². The lowest BCUT2D eigenvalue weighted by molar-refractivity contribution is -0.157. The van der Waals surface area contributed by atoms with Crippen molar-refractivity contribution in [2.24, 2.45) is 0 Å². The number of ether oxygens (including phenoxy) is 2. The molecule has 0 radical (unpaired) electrons. The molecule has 1 saturated heterocycles. The summed E-state index contributed by atoms with van der Waals surface area (Å²) in [7, 11) is 0. The minimum atomic E-state index is -0.790. The largest absolute Gasteiger partial charge is 0.342 e. The Morgan fingerprint density at radius 1 is 1.44 bits per heavy atom. The van der Waals surface area contributed by atoms with Crippen LogP contribution < -0.4 is 0 Å². The molecule has 2 rings (SSSR count). The molecule has 2 nitrogen and oxygen atoms in total. The zero-order valence-electron chi connectivity index (χ0n) is 10.1. The van der Waals surface area contributed by atoms with Gasteiger partial charge in [-0.15, -0.1) is 0 Å². The third-order valence-electron chi connectivity index (χ3n) is 2.99. The van der Waals surface area contributed by atoms with E-state index in [4.69, 9.17) is 32.7 Å². The number of benzene rings is 1. The maximum absolute atomic E-state index is 6.24. The van der Waals surface area contributed by atoms with Crippen LogP contribution in [0.1, 0.15) is 25.3 Å². The van der Waals surface area contributed by atoms with E-state index in [1.54, 1.807) is 12.1 Å². The maximum Gasteiger partial charge on any atom is 0.206 e. The zero-order valence-corrected chi connectivity index (χ0v) is 13.2. The molecular formula is C13H15BrCl2O2. The van der Waals surface area contributed by atoms with Crippen LogP contribution >= 0.6 is 39.1 Å². The van der Waals surface area contributed by atoms with Crippen molar-refractivity contribution >= 4 is 39.1 Å². The van der Waals surface area contributed by atoms with Crippen molar-refractivity contribution in [3.05, 3.63) is 33.8 Å². The Labute approximate surface area is 126 Å². The summed E-state index contributed by atoms with van der Waals surface area (Å²) < 4.78 is 11.9. The topological polar surface area (TPSA) is 18.5 Å². The van der Waals surface area contributed by atoms with Gasteiger partial charge in [0, 0.05) is 10.6 Å². The highest BCUT2D eigenvalue weighted by atomic mass is 79.9. The first-order valence-electron chi connectivity index (χ1n) is 5.94. The second-order valence-corrected chi connectivity index (χ2v) is 5.75. The van der Waals surface area contributed by atoms with Crippen LogP contribution in [0.5, 0.6) is 0 Å². The molecule has 1 aliphatic heterocycles. The standard InChI is InChI=1S/C13H15BrCl2O2/c1-2-3-10-7-17-13(8-14,18-10)11-5-4-9(15)6-12(11)16/h4-6,10H,2-3,7-8H2,1H3/i4+2,5+2,6+2,9+2,11+2,12+2. The Morgan fingerprint density at radius 2 is 2.22 bits per heavy atom. The molecule has 2 unspecified atom stereocenters.